The van der Waals surface area contributed by atoms with Gasteiger partial charge in [-0.3, -0.25) is 4.79 Å². The number of hydrogen-bond acceptors (Lipinski definition) is 7. The van der Waals surface area contributed by atoms with Crippen molar-refractivity contribution >= 4 is 45.8 Å². The first kappa shape index (κ1) is 22.3. The zero-order valence-corrected chi connectivity index (χ0v) is 19.5. The molecule has 8 nitrogen and oxygen atoms in total. The largest absolute Gasteiger partial charge is 0.334 e. The highest BCUT2D eigenvalue weighted by Gasteiger charge is 2.13. The number of carbonyl (C=O) groups is 1. The van der Waals surface area contributed by atoms with Crippen molar-refractivity contribution in [3.63, 3.8) is 0 Å². The molecule has 4 N–H and O–H groups in total. The summed E-state index contributed by atoms with van der Waals surface area (Å²) in [6.07, 6.45) is 0. The lowest BCUT2D eigenvalue weighted by Gasteiger charge is -2.09. The molecule has 1 aromatic heterocycles. The molecule has 0 saturated heterocycles. The number of carbonyl (C=O) groups excluding carboxylic acids is 1. The minimum Gasteiger partial charge on any atom is -0.334 e. The molecule has 3 aromatic carbocycles. The van der Waals surface area contributed by atoms with Gasteiger partial charge in [-0.15, -0.1) is 10.2 Å². The van der Waals surface area contributed by atoms with Crippen LogP contribution in [0.2, 0.25) is 0 Å². The highest BCUT2D eigenvalue weighted by Crippen LogP contribution is 2.20. The van der Waals surface area contributed by atoms with Crippen LogP contribution in [0.3, 0.4) is 0 Å². The van der Waals surface area contributed by atoms with Crippen LogP contribution >= 0.6 is 11.8 Å². The van der Waals surface area contributed by atoms with Gasteiger partial charge in [0, 0.05) is 5.69 Å². The Labute approximate surface area is 196 Å². The smallest absolute Gasteiger partial charge is 0.264 e. The molecule has 168 valence electrons. The van der Waals surface area contributed by atoms with Crippen LogP contribution in [0.4, 0.5) is 11.6 Å². The van der Waals surface area contributed by atoms with Gasteiger partial charge >= 0.3 is 0 Å². The number of nitrogens with two attached hydrogens (primary N) is 1. The molecule has 0 spiro atoms. The second kappa shape index (κ2) is 9.74. The first-order valence-corrected chi connectivity index (χ1v) is 11.4. The molecule has 1 amide bonds. The number of benzene rings is 3. The third-order valence-electron chi connectivity index (χ3n) is 5.14. The minimum absolute atomic E-state index is 0.144. The van der Waals surface area contributed by atoms with Crippen LogP contribution in [0.5, 0.6) is 0 Å². The Bertz CT molecular complexity index is 1350. The highest BCUT2D eigenvalue weighted by molar-refractivity contribution is 7.99. The molecule has 33 heavy (non-hydrogen) atoms. The predicted molar refractivity (Wildman–Crippen MR) is 135 cm³/mol. The third-order valence-corrected chi connectivity index (χ3v) is 6.09. The summed E-state index contributed by atoms with van der Waals surface area (Å²) in [5.41, 5.74) is 7.59. The Kier molecular flexibility index (Phi) is 6.60. The van der Waals surface area contributed by atoms with Gasteiger partial charge in [0.1, 0.15) is 0 Å². The molecule has 0 radical (unpaired) electrons. The van der Waals surface area contributed by atoms with Crippen molar-refractivity contribution in [1.29, 1.82) is 0 Å². The lowest BCUT2D eigenvalue weighted by Crippen LogP contribution is -2.17. The standard InChI is InChI=1S/C24H25N7OS/c1-15-8-11-21(16(2)12-15)26-22(32)14-33-24-30-29-23(31(24)25)28-27-17(3)19-10-9-18-6-4-5-7-20(18)13-19/h4-13H,14,25H2,1-3H3,(H,26,32)(H,28,29)/b27-17+. The normalized spacial score (nSPS) is 11.5. The van der Waals surface area contributed by atoms with E-state index < -0.39 is 0 Å². The Hall–Kier alpha value is -3.85. The average Bonchev–Trinajstić information content (AvgIpc) is 3.16. The van der Waals surface area contributed by atoms with E-state index in [-0.39, 0.29) is 17.6 Å². The Morgan fingerprint density at radius 3 is 2.64 bits per heavy atom. The second-order valence-corrected chi connectivity index (χ2v) is 8.64. The Balaban J connectivity index is 1.37. The number of nitrogen functional groups attached to an aromatic ring is 1. The molecular weight excluding hydrogens is 434 g/mol. The van der Waals surface area contributed by atoms with Crippen LogP contribution in [-0.4, -0.2) is 32.2 Å². The molecule has 0 fully saturated rings. The first-order chi connectivity index (χ1) is 15.9. The fraction of sp³-hybridized carbons (Fsp3) is 0.167. The highest BCUT2D eigenvalue weighted by atomic mass is 32.2. The van der Waals surface area contributed by atoms with Crippen molar-refractivity contribution in [2.75, 3.05) is 22.3 Å². The molecule has 4 rings (SSSR count). The molecule has 0 unspecified atom stereocenters. The van der Waals surface area contributed by atoms with Crippen LogP contribution in [-0.2, 0) is 4.79 Å². The fourth-order valence-corrected chi connectivity index (χ4v) is 3.99. The summed E-state index contributed by atoms with van der Waals surface area (Å²) in [4.78, 5) is 12.3. The fourth-order valence-electron chi connectivity index (χ4n) is 3.33. The molecular formula is C24H25N7OS. The van der Waals surface area contributed by atoms with Gasteiger partial charge in [-0.1, -0.05) is 65.9 Å². The lowest BCUT2D eigenvalue weighted by molar-refractivity contribution is -0.113. The van der Waals surface area contributed by atoms with E-state index in [4.69, 9.17) is 5.84 Å². The number of amides is 1. The predicted octanol–water partition coefficient (Wildman–Crippen LogP) is 4.33. The number of fused-ring (bicyclic) bond motifs is 1. The Morgan fingerprint density at radius 1 is 1.06 bits per heavy atom. The van der Waals surface area contributed by atoms with E-state index in [1.165, 1.54) is 21.8 Å². The molecule has 0 bridgehead atoms. The van der Waals surface area contributed by atoms with Crippen molar-refractivity contribution in [1.82, 2.24) is 14.9 Å². The van der Waals surface area contributed by atoms with Crippen LogP contribution in [0, 0.1) is 13.8 Å². The van der Waals surface area contributed by atoms with E-state index in [0.29, 0.717) is 5.16 Å². The summed E-state index contributed by atoms with van der Waals surface area (Å²) >= 11 is 1.20. The number of thioether (sulfide) groups is 1. The van der Waals surface area contributed by atoms with Crippen molar-refractivity contribution in [3.8, 4) is 0 Å². The van der Waals surface area contributed by atoms with Crippen LogP contribution in [0.15, 0.2) is 70.9 Å². The van der Waals surface area contributed by atoms with Crippen LogP contribution in [0.1, 0.15) is 23.6 Å². The third kappa shape index (κ3) is 5.32. The van der Waals surface area contributed by atoms with Gasteiger partial charge in [-0.05, 0) is 54.8 Å². The summed E-state index contributed by atoms with van der Waals surface area (Å²) in [6, 6.07) is 20.2. The van der Waals surface area contributed by atoms with E-state index in [1.54, 1.807) is 0 Å². The van der Waals surface area contributed by atoms with E-state index in [9.17, 15) is 4.79 Å². The second-order valence-electron chi connectivity index (χ2n) is 7.70. The van der Waals surface area contributed by atoms with Crippen molar-refractivity contribution in [2.24, 2.45) is 5.10 Å². The van der Waals surface area contributed by atoms with Crippen molar-refractivity contribution in [2.45, 2.75) is 25.9 Å². The lowest BCUT2D eigenvalue weighted by atomic mass is 10.0. The zero-order valence-electron chi connectivity index (χ0n) is 18.7. The number of nitrogens with zero attached hydrogens (tertiary/aromatic N) is 4. The SMILES string of the molecule is C/C(=N\Nc1nnc(SCC(=O)Nc2ccc(C)cc2C)n1N)c1ccc2ccccc2c1. The van der Waals surface area contributed by atoms with Crippen molar-refractivity contribution in [3.05, 3.63) is 77.4 Å². The summed E-state index contributed by atoms with van der Waals surface area (Å²) in [5.74, 6) is 6.39. The number of aromatic nitrogens is 3. The first-order valence-electron chi connectivity index (χ1n) is 10.4. The van der Waals surface area contributed by atoms with Gasteiger partial charge in [-0.2, -0.15) is 5.10 Å². The number of aryl methyl sites for hydroxylation is 2. The summed E-state index contributed by atoms with van der Waals surface area (Å²) in [7, 11) is 0. The number of nitrogens with one attached hydrogen (secondary N) is 2. The van der Waals surface area contributed by atoms with Gasteiger partial charge in [0.25, 0.3) is 5.95 Å². The van der Waals surface area contributed by atoms with Gasteiger partial charge in [0.15, 0.2) is 0 Å². The zero-order chi connectivity index (χ0) is 23.4. The Morgan fingerprint density at radius 2 is 1.85 bits per heavy atom. The van der Waals surface area contributed by atoms with Gasteiger partial charge in [-0.25, -0.2) is 10.1 Å². The molecule has 0 aliphatic carbocycles. The summed E-state index contributed by atoms with van der Waals surface area (Å²) in [5, 5.41) is 18.1. The monoisotopic (exact) mass is 459 g/mol. The van der Waals surface area contributed by atoms with E-state index >= 15 is 0 Å². The van der Waals surface area contributed by atoms with Crippen molar-refractivity contribution < 1.29 is 4.79 Å². The number of rotatable bonds is 7. The molecule has 0 atom stereocenters. The van der Waals surface area contributed by atoms with E-state index in [2.05, 4.69) is 50.3 Å². The average molecular weight is 460 g/mol. The quantitative estimate of drug-likeness (QED) is 0.164. The number of anilines is 2. The summed E-state index contributed by atoms with van der Waals surface area (Å²) < 4.78 is 1.28. The molecule has 1 heterocycles. The van der Waals surface area contributed by atoms with E-state index in [1.807, 2.05) is 57.2 Å². The maximum absolute atomic E-state index is 12.3. The minimum atomic E-state index is -0.144. The van der Waals surface area contributed by atoms with Gasteiger partial charge in [0.05, 0.1) is 11.5 Å². The topological polar surface area (TPSA) is 110 Å². The van der Waals surface area contributed by atoms with Crippen LogP contribution < -0.4 is 16.6 Å². The van der Waals surface area contributed by atoms with Crippen LogP contribution in [0.25, 0.3) is 10.8 Å². The molecule has 0 saturated carbocycles. The maximum atomic E-state index is 12.3. The molecule has 0 aliphatic heterocycles. The van der Waals surface area contributed by atoms with Gasteiger partial charge < -0.3 is 11.2 Å². The molecule has 0 aliphatic rings. The maximum Gasteiger partial charge on any atom is 0.264 e. The van der Waals surface area contributed by atoms with Gasteiger partial charge in [0.2, 0.25) is 11.1 Å². The van der Waals surface area contributed by atoms with E-state index in [0.717, 1.165) is 33.5 Å². The summed E-state index contributed by atoms with van der Waals surface area (Å²) in [6.45, 7) is 5.88. The number of hydrogen-bond donors (Lipinski definition) is 3. The number of hydrazone groups is 1. The molecule has 9 heteroatoms. The molecule has 4 aromatic rings.